The first-order valence-electron chi connectivity index (χ1n) is 10.5. The van der Waals surface area contributed by atoms with Crippen LogP contribution in [0.3, 0.4) is 0 Å². The Kier molecular flexibility index (Phi) is 6.20. The zero-order valence-corrected chi connectivity index (χ0v) is 19.3. The highest BCUT2D eigenvalue weighted by Gasteiger charge is 2.47. The van der Waals surface area contributed by atoms with E-state index in [0.29, 0.717) is 23.7 Å². The molecule has 1 fully saturated rings. The van der Waals surface area contributed by atoms with Gasteiger partial charge in [0.2, 0.25) is 0 Å². The number of ether oxygens (including phenoxy) is 1. The van der Waals surface area contributed by atoms with E-state index in [4.69, 9.17) is 16.3 Å². The SMILES string of the molecule is CCOc1ccc(Cl)c(/C(O)=C2\C(=O)C(=O)N(c3cc(C)cc(C)c3)C2c2ccccn2)c1. The minimum Gasteiger partial charge on any atom is -0.507 e. The lowest BCUT2D eigenvalue weighted by Gasteiger charge is -2.25. The summed E-state index contributed by atoms with van der Waals surface area (Å²) in [6.07, 6.45) is 1.58. The fourth-order valence-electron chi connectivity index (χ4n) is 4.09. The first kappa shape index (κ1) is 22.6. The molecule has 7 heteroatoms. The number of ketones is 1. The molecule has 1 aromatic heterocycles. The Morgan fingerprint density at radius 3 is 2.45 bits per heavy atom. The molecule has 1 N–H and O–H groups in total. The highest BCUT2D eigenvalue weighted by molar-refractivity contribution is 6.52. The topological polar surface area (TPSA) is 79.7 Å². The van der Waals surface area contributed by atoms with Crippen molar-refractivity contribution in [1.82, 2.24) is 4.98 Å². The lowest BCUT2D eigenvalue weighted by Crippen LogP contribution is -2.30. The van der Waals surface area contributed by atoms with Gasteiger partial charge in [-0.25, -0.2) is 0 Å². The number of nitrogens with zero attached hydrogens (tertiary/aromatic N) is 2. The predicted octanol–water partition coefficient (Wildman–Crippen LogP) is 5.38. The minimum absolute atomic E-state index is 0.0755. The van der Waals surface area contributed by atoms with E-state index in [1.165, 1.54) is 4.90 Å². The van der Waals surface area contributed by atoms with Crippen molar-refractivity contribution in [3.8, 4) is 5.75 Å². The summed E-state index contributed by atoms with van der Waals surface area (Å²) in [5.41, 5.74) is 3.03. The van der Waals surface area contributed by atoms with Gasteiger partial charge in [-0.15, -0.1) is 0 Å². The lowest BCUT2D eigenvalue weighted by atomic mass is 9.97. The lowest BCUT2D eigenvalue weighted by molar-refractivity contribution is -0.132. The number of anilines is 1. The molecular formula is C26H23ClN2O4. The molecule has 0 radical (unpaired) electrons. The molecule has 1 amide bonds. The predicted molar refractivity (Wildman–Crippen MR) is 128 cm³/mol. The number of halogens is 1. The van der Waals surface area contributed by atoms with Crippen molar-refractivity contribution in [2.24, 2.45) is 0 Å². The van der Waals surface area contributed by atoms with Crippen LogP contribution in [-0.2, 0) is 9.59 Å². The van der Waals surface area contributed by atoms with Crippen LogP contribution in [-0.4, -0.2) is 28.4 Å². The highest BCUT2D eigenvalue weighted by Crippen LogP contribution is 2.43. The number of Topliss-reactive ketones (excluding diaryl/α,β-unsaturated/α-hetero) is 1. The van der Waals surface area contributed by atoms with Crippen molar-refractivity contribution in [2.45, 2.75) is 26.8 Å². The molecule has 0 spiro atoms. The Morgan fingerprint density at radius 1 is 1.09 bits per heavy atom. The molecule has 33 heavy (non-hydrogen) atoms. The maximum atomic E-state index is 13.3. The van der Waals surface area contributed by atoms with Crippen molar-refractivity contribution in [3.63, 3.8) is 0 Å². The first-order chi connectivity index (χ1) is 15.8. The van der Waals surface area contributed by atoms with Gasteiger partial charge in [0.15, 0.2) is 0 Å². The molecule has 4 rings (SSSR count). The Bertz CT molecular complexity index is 1250. The number of carbonyl (C=O) groups is 2. The molecule has 1 saturated heterocycles. The number of carbonyl (C=O) groups excluding carboxylic acids is 2. The fourth-order valence-corrected chi connectivity index (χ4v) is 4.30. The smallest absolute Gasteiger partial charge is 0.300 e. The minimum atomic E-state index is -0.917. The van der Waals surface area contributed by atoms with Crippen LogP contribution in [0.25, 0.3) is 5.76 Å². The number of benzene rings is 2. The second-order valence-electron chi connectivity index (χ2n) is 7.84. The summed E-state index contributed by atoms with van der Waals surface area (Å²) in [5.74, 6) is -1.43. The third kappa shape index (κ3) is 4.22. The van der Waals surface area contributed by atoms with E-state index < -0.39 is 17.7 Å². The molecular weight excluding hydrogens is 440 g/mol. The van der Waals surface area contributed by atoms with Crippen LogP contribution in [0.5, 0.6) is 5.75 Å². The van der Waals surface area contributed by atoms with Crippen LogP contribution < -0.4 is 9.64 Å². The number of aromatic nitrogens is 1. The third-order valence-corrected chi connectivity index (χ3v) is 5.73. The van der Waals surface area contributed by atoms with Gasteiger partial charge in [0.05, 0.1) is 22.9 Å². The number of aliphatic hydroxyl groups is 1. The monoisotopic (exact) mass is 462 g/mol. The quantitative estimate of drug-likeness (QED) is 0.313. The summed E-state index contributed by atoms with van der Waals surface area (Å²) in [7, 11) is 0. The van der Waals surface area contributed by atoms with E-state index in [0.717, 1.165) is 11.1 Å². The molecule has 3 aromatic rings. The Balaban J connectivity index is 1.96. The van der Waals surface area contributed by atoms with Crippen molar-refractivity contribution in [2.75, 3.05) is 11.5 Å². The second-order valence-corrected chi connectivity index (χ2v) is 8.25. The van der Waals surface area contributed by atoms with Gasteiger partial charge >= 0.3 is 0 Å². The van der Waals surface area contributed by atoms with Crippen LogP contribution in [0.1, 0.15) is 35.3 Å². The molecule has 2 heterocycles. The fraction of sp³-hybridized carbons (Fsp3) is 0.192. The van der Waals surface area contributed by atoms with Crippen LogP contribution in [0.4, 0.5) is 5.69 Å². The highest BCUT2D eigenvalue weighted by atomic mass is 35.5. The maximum absolute atomic E-state index is 13.3. The van der Waals surface area contributed by atoms with E-state index in [9.17, 15) is 14.7 Å². The largest absolute Gasteiger partial charge is 0.507 e. The average molecular weight is 463 g/mol. The van der Waals surface area contributed by atoms with Crippen LogP contribution >= 0.6 is 11.6 Å². The van der Waals surface area contributed by atoms with E-state index in [1.807, 2.05) is 39.0 Å². The van der Waals surface area contributed by atoms with Crippen molar-refractivity contribution in [3.05, 3.63) is 93.8 Å². The Labute approximate surface area is 197 Å². The van der Waals surface area contributed by atoms with Crippen LogP contribution in [0.2, 0.25) is 5.02 Å². The van der Waals surface area contributed by atoms with E-state index >= 15 is 0 Å². The summed E-state index contributed by atoms with van der Waals surface area (Å²) < 4.78 is 5.52. The van der Waals surface area contributed by atoms with E-state index in [2.05, 4.69) is 4.98 Å². The Hall–Kier alpha value is -3.64. The van der Waals surface area contributed by atoms with Crippen LogP contribution in [0, 0.1) is 13.8 Å². The molecule has 0 bridgehead atoms. The van der Waals surface area contributed by atoms with Gasteiger partial charge in [0.25, 0.3) is 11.7 Å². The van der Waals surface area contributed by atoms with E-state index in [-0.39, 0.29) is 21.9 Å². The normalized spacial score (nSPS) is 17.5. The number of aliphatic hydroxyl groups excluding tert-OH is 1. The van der Waals surface area contributed by atoms with Gasteiger partial charge in [-0.2, -0.15) is 0 Å². The average Bonchev–Trinajstić information content (AvgIpc) is 3.05. The van der Waals surface area contributed by atoms with Gasteiger partial charge in [-0.05, 0) is 74.4 Å². The maximum Gasteiger partial charge on any atom is 0.300 e. The molecule has 1 unspecified atom stereocenters. The number of rotatable bonds is 5. The summed E-state index contributed by atoms with van der Waals surface area (Å²) in [4.78, 5) is 32.3. The molecule has 1 aliphatic rings. The molecule has 1 atom stereocenters. The van der Waals surface area contributed by atoms with Crippen molar-refractivity contribution >= 4 is 34.7 Å². The van der Waals surface area contributed by atoms with Crippen molar-refractivity contribution in [1.29, 1.82) is 0 Å². The number of pyridine rings is 1. The summed E-state index contributed by atoms with van der Waals surface area (Å²) in [6.45, 7) is 6.10. The van der Waals surface area contributed by atoms with Gasteiger partial charge in [0, 0.05) is 17.4 Å². The Morgan fingerprint density at radius 2 is 1.82 bits per heavy atom. The summed E-state index contributed by atoms with van der Waals surface area (Å²) in [6, 6.07) is 14.8. The number of hydrogen-bond acceptors (Lipinski definition) is 5. The summed E-state index contributed by atoms with van der Waals surface area (Å²) in [5, 5.41) is 11.5. The first-order valence-corrected chi connectivity index (χ1v) is 10.9. The summed E-state index contributed by atoms with van der Waals surface area (Å²) >= 11 is 6.37. The molecule has 2 aromatic carbocycles. The molecule has 1 aliphatic heterocycles. The van der Waals surface area contributed by atoms with E-state index in [1.54, 1.807) is 42.6 Å². The molecule has 0 aliphatic carbocycles. The van der Waals surface area contributed by atoms with Gasteiger partial charge in [-0.3, -0.25) is 19.5 Å². The number of amides is 1. The van der Waals surface area contributed by atoms with Gasteiger partial charge in [0.1, 0.15) is 17.6 Å². The molecule has 6 nitrogen and oxygen atoms in total. The number of aryl methyl sites for hydroxylation is 2. The third-order valence-electron chi connectivity index (χ3n) is 5.40. The zero-order chi connectivity index (χ0) is 23.7. The second kappa shape index (κ2) is 9.08. The van der Waals surface area contributed by atoms with Gasteiger partial charge in [-0.1, -0.05) is 23.7 Å². The van der Waals surface area contributed by atoms with Crippen LogP contribution in [0.15, 0.2) is 66.4 Å². The van der Waals surface area contributed by atoms with Gasteiger partial charge < -0.3 is 9.84 Å². The number of hydrogen-bond donors (Lipinski definition) is 1. The standard InChI is InChI=1S/C26H23ClN2O4/c1-4-33-18-8-9-20(27)19(14-18)24(30)22-23(21-7-5-6-10-28-21)29(26(32)25(22)31)17-12-15(2)11-16(3)13-17/h5-14,23,30H,4H2,1-3H3/b24-22+. The van der Waals surface area contributed by atoms with Crippen molar-refractivity contribution < 1.29 is 19.4 Å². The molecule has 168 valence electrons. The molecule has 0 saturated carbocycles. The zero-order valence-electron chi connectivity index (χ0n) is 18.5.